The van der Waals surface area contributed by atoms with Crippen molar-refractivity contribution < 1.29 is 18.1 Å². The lowest BCUT2D eigenvalue weighted by Crippen LogP contribution is -2.41. The van der Waals surface area contributed by atoms with E-state index in [4.69, 9.17) is 33.1 Å². The molecule has 3 aromatic heterocycles. The number of rotatable bonds is 4. The lowest BCUT2D eigenvalue weighted by Gasteiger charge is -2.32. The Morgan fingerprint density at radius 3 is 1.51 bits per heavy atom. The van der Waals surface area contributed by atoms with Crippen molar-refractivity contribution >= 4 is 56.5 Å². The van der Waals surface area contributed by atoms with Gasteiger partial charge in [0.05, 0.1) is 22.3 Å². The van der Waals surface area contributed by atoms with Crippen molar-refractivity contribution in [2.45, 2.75) is 38.9 Å². The van der Waals surface area contributed by atoms with Crippen molar-refractivity contribution in [1.29, 1.82) is 0 Å². The molecular formula is C39H30BN3O4. The summed E-state index contributed by atoms with van der Waals surface area (Å²) < 4.78 is 25.6. The fourth-order valence-corrected chi connectivity index (χ4v) is 6.40. The summed E-state index contributed by atoms with van der Waals surface area (Å²) in [7, 11) is -0.519. The molecular weight excluding hydrogens is 585 g/mol. The molecule has 1 saturated heterocycles. The highest BCUT2D eigenvalue weighted by atomic mass is 16.7. The molecule has 7 nitrogen and oxygen atoms in total. The van der Waals surface area contributed by atoms with E-state index in [1.54, 1.807) is 0 Å². The molecule has 8 heteroatoms. The van der Waals surface area contributed by atoms with Crippen LogP contribution in [0.1, 0.15) is 27.7 Å². The second-order valence-corrected chi connectivity index (χ2v) is 13.1. The number of fused-ring (bicyclic) bond motifs is 6. The number of nitrogens with zero attached hydrogens (tertiary/aromatic N) is 3. The fraction of sp³-hybridized carbons (Fsp3) is 0.154. The SMILES string of the molecule is CC1(C)OB(c2cccc(-c3nc(-c4cccc5c4oc4ccccc45)nc(-c4cccc5c4oc4ccccc45)n3)c2)OC1(C)C. The Hall–Kier alpha value is -5.31. The molecule has 0 amide bonds. The average Bonchev–Trinajstić information content (AvgIpc) is 3.72. The monoisotopic (exact) mass is 615 g/mol. The number of furan rings is 2. The lowest BCUT2D eigenvalue weighted by atomic mass is 9.78. The van der Waals surface area contributed by atoms with Crippen molar-refractivity contribution in [3.05, 3.63) is 109 Å². The maximum absolute atomic E-state index is 6.41. The molecule has 5 aromatic carbocycles. The van der Waals surface area contributed by atoms with Gasteiger partial charge in [-0.3, -0.25) is 0 Å². The summed E-state index contributed by atoms with van der Waals surface area (Å²) >= 11 is 0. The van der Waals surface area contributed by atoms with E-state index in [1.165, 1.54) is 0 Å². The molecule has 47 heavy (non-hydrogen) atoms. The van der Waals surface area contributed by atoms with Gasteiger partial charge >= 0.3 is 7.12 Å². The molecule has 0 bridgehead atoms. The van der Waals surface area contributed by atoms with Crippen LogP contribution in [-0.2, 0) is 9.31 Å². The molecule has 1 fully saturated rings. The summed E-state index contributed by atoms with van der Waals surface area (Å²) in [6.45, 7) is 8.22. The minimum Gasteiger partial charge on any atom is -0.455 e. The summed E-state index contributed by atoms with van der Waals surface area (Å²) in [5, 5.41) is 4.09. The van der Waals surface area contributed by atoms with Gasteiger partial charge in [-0.05, 0) is 57.4 Å². The summed E-state index contributed by atoms with van der Waals surface area (Å²) in [6, 6.07) is 36.3. The van der Waals surface area contributed by atoms with Gasteiger partial charge < -0.3 is 18.1 Å². The van der Waals surface area contributed by atoms with E-state index in [0.29, 0.717) is 17.5 Å². The molecule has 0 saturated carbocycles. The molecule has 1 aliphatic rings. The molecule has 0 spiro atoms. The minimum absolute atomic E-state index is 0.461. The summed E-state index contributed by atoms with van der Waals surface area (Å²) in [4.78, 5) is 15.2. The van der Waals surface area contributed by atoms with Crippen molar-refractivity contribution in [2.24, 2.45) is 0 Å². The van der Waals surface area contributed by atoms with Gasteiger partial charge in [0.1, 0.15) is 22.3 Å². The van der Waals surface area contributed by atoms with E-state index in [1.807, 2.05) is 84.9 Å². The quantitative estimate of drug-likeness (QED) is 0.183. The zero-order valence-electron chi connectivity index (χ0n) is 26.4. The maximum atomic E-state index is 6.41. The van der Waals surface area contributed by atoms with Crippen LogP contribution in [0.3, 0.4) is 0 Å². The molecule has 0 atom stereocenters. The van der Waals surface area contributed by atoms with Gasteiger partial charge in [-0.1, -0.05) is 84.9 Å². The standard InChI is InChI=1S/C39H30BN3O4/c1-38(2)39(3,4)47-40(46-38)24-13-9-12-23(22-24)35-41-36(29-18-10-16-27-25-14-5-7-20-31(25)44-33(27)29)43-37(42-35)30-19-11-17-28-26-15-6-8-21-32(26)45-34(28)30/h5-22H,1-4H3. The van der Waals surface area contributed by atoms with Crippen molar-refractivity contribution in [2.75, 3.05) is 0 Å². The van der Waals surface area contributed by atoms with Gasteiger partial charge in [-0.2, -0.15) is 0 Å². The van der Waals surface area contributed by atoms with E-state index in [0.717, 1.165) is 66.0 Å². The highest BCUT2D eigenvalue weighted by Crippen LogP contribution is 2.39. The third kappa shape index (κ3) is 4.40. The molecule has 1 aliphatic heterocycles. The first-order valence-electron chi connectivity index (χ1n) is 15.8. The Balaban J connectivity index is 1.26. The van der Waals surface area contributed by atoms with Crippen LogP contribution < -0.4 is 5.46 Å². The Morgan fingerprint density at radius 1 is 0.489 bits per heavy atom. The average molecular weight is 615 g/mol. The van der Waals surface area contributed by atoms with Crippen LogP contribution in [0.2, 0.25) is 0 Å². The van der Waals surface area contributed by atoms with Crippen LogP contribution in [0.25, 0.3) is 78.0 Å². The number of hydrogen-bond acceptors (Lipinski definition) is 7. The lowest BCUT2D eigenvalue weighted by molar-refractivity contribution is 0.00578. The Morgan fingerprint density at radius 2 is 0.957 bits per heavy atom. The Labute approximate surface area is 271 Å². The highest BCUT2D eigenvalue weighted by Gasteiger charge is 2.51. The summed E-state index contributed by atoms with van der Waals surface area (Å²) in [5.74, 6) is 1.53. The summed E-state index contributed by atoms with van der Waals surface area (Å²) in [5.41, 5.74) is 5.42. The van der Waals surface area contributed by atoms with Crippen molar-refractivity contribution in [3.8, 4) is 34.2 Å². The van der Waals surface area contributed by atoms with E-state index >= 15 is 0 Å². The number of benzene rings is 5. The first-order chi connectivity index (χ1) is 22.8. The van der Waals surface area contributed by atoms with E-state index in [2.05, 4.69) is 52.0 Å². The van der Waals surface area contributed by atoms with Gasteiger partial charge in [-0.15, -0.1) is 0 Å². The van der Waals surface area contributed by atoms with Gasteiger partial charge in [0.15, 0.2) is 17.5 Å². The normalized spacial score (nSPS) is 15.8. The van der Waals surface area contributed by atoms with Crippen LogP contribution in [0, 0.1) is 0 Å². The first kappa shape index (κ1) is 28.0. The van der Waals surface area contributed by atoms with Crippen molar-refractivity contribution in [1.82, 2.24) is 15.0 Å². The third-order valence-electron chi connectivity index (χ3n) is 9.60. The van der Waals surface area contributed by atoms with E-state index in [9.17, 15) is 0 Å². The predicted molar refractivity (Wildman–Crippen MR) is 186 cm³/mol. The predicted octanol–water partition coefficient (Wildman–Crippen LogP) is 8.97. The molecule has 0 radical (unpaired) electrons. The molecule has 0 unspecified atom stereocenters. The first-order valence-corrected chi connectivity index (χ1v) is 15.8. The second-order valence-electron chi connectivity index (χ2n) is 13.1. The number of para-hydroxylation sites is 4. The smallest absolute Gasteiger partial charge is 0.455 e. The zero-order chi connectivity index (χ0) is 31.9. The molecule has 9 rings (SSSR count). The minimum atomic E-state index is -0.519. The highest BCUT2D eigenvalue weighted by molar-refractivity contribution is 6.62. The van der Waals surface area contributed by atoms with Crippen molar-refractivity contribution in [3.63, 3.8) is 0 Å². The molecule has 4 heterocycles. The number of hydrogen-bond donors (Lipinski definition) is 0. The summed E-state index contributed by atoms with van der Waals surface area (Å²) in [6.07, 6.45) is 0. The molecule has 0 N–H and O–H groups in total. The van der Waals surface area contributed by atoms with Gasteiger partial charge in [0, 0.05) is 27.1 Å². The topological polar surface area (TPSA) is 83.4 Å². The Kier molecular flexibility index (Phi) is 6.01. The van der Waals surface area contributed by atoms with Gasteiger partial charge in [0.25, 0.3) is 0 Å². The third-order valence-corrected chi connectivity index (χ3v) is 9.60. The van der Waals surface area contributed by atoms with Crippen LogP contribution in [0.5, 0.6) is 0 Å². The molecule has 228 valence electrons. The second kappa shape index (κ2) is 10.1. The fourth-order valence-electron chi connectivity index (χ4n) is 6.40. The number of aromatic nitrogens is 3. The molecule has 8 aromatic rings. The van der Waals surface area contributed by atoms with Gasteiger partial charge in [-0.25, -0.2) is 15.0 Å². The van der Waals surface area contributed by atoms with E-state index in [-0.39, 0.29) is 0 Å². The maximum Gasteiger partial charge on any atom is 0.494 e. The molecule has 0 aliphatic carbocycles. The van der Waals surface area contributed by atoms with Crippen LogP contribution in [-0.4, -0.2) is 33.3 Å². The van der Waals surface area contributed by atoms with Crippen LogP contribution in [0.4, 0.5) is 0 Å². The van der Waals surface area contributed by atoms with Crippen LogP contribution in [0.15, 0.2) is 118 Å². The van der Waals surface area contributed by atoms with Crippen LogP contribution >= 0.6 is 0 Å². The van der Waals surface area contributed by atoms with Gasteiger partial charge in [0.2, 0.25) is 0 Å². The van der Waals surface area contributed by atoms with E-state index < -0.39 is 18.3 Å². The largest absolute Gasteiger partial charge is 0.494 e. The Bertz CT molecular complexity index is 2370. The zero-order valence-corrected chi connectivity index (χ0v) is 26.4.